The van der Waals surface area contributed by atoms with E-state index in [2.05, 4.69) is 24.9 Å². The molecule has 1 aliphatic carbocycles. The summed E-state index contributed by atoms with van der Waals surface area (Å²) in [6.07, 6.45) is 3.35. The molecule has 0 amide bonds. The van der Waals surface area contributed by atoms with Crippen LogP contribution in [0.3, 0.4) is 0 Å². The summed E-state index contributed by atoms with van der Waals surface area (Å²) in [6.45, 7) is 3.94. The third kappa shape index (κ3) is 2.98. The van der Waals surface area contributed by atoms with Crippen LogP contribution in [0.2, 0.25) is 0 Å². The zero-order valence-electron chi connectivity index (χ0n) is 8.75. The maximum Gasteiger partial charge on any atom is 0.102 e. The molecule has 0 saturated heterocycles. The van der Waals surface area contributed by atoms with Crippen LogP contribution in [-0.2, 0) is 0 Å². The van der Waals surface area contributed by atoms with Crippen molar-refractivity contribution in [2.24, 2.45) is 5.73 Å². The number of hydrogen-bond donors (Lipinski definition) is 1. The van der Waals surface area contributed by atoms with Crippen molar-refractivity contribution in [1.29, 1.82) is 5.26 Å². The van der Waals surface area contributed by atoms with Crippen LogP contribution in [0.15, 0.2) is 0 Å². The molecular formula is C10H19N3. The summed E-state index contributed by atoms with van der Waals surface area (Å²) in [5.41, 5.74) is 5.11. The van der Waals surface area contributed by atoms with Crippen LogP contribution >= 0.6 is 0 Å². The molecule has 2 unspecified atom stereocenters. The lowest BCUT2D eigenvalue weighted by atomic mass is 9.96. The van der Waals surface area contributed by atoms with Gasteiger partial charge in [0.1, 0.15) is 5.54 Å². The molecule has 0 bridgehead atoms. The van der Waals surface area contributed by atoms with E-state index in [4.69, 9.17) is 11.0 Å². The molecule has 0 aliphatic heterocycles. The molecule has 0 aromatic heterocycles. The van der Waals surface area contributed by atoms with Crippen molar-refractivity contribution in [2.45, 2.75) is 50.7 Å². The van der Waals surface area contributed by atoms with Gasteiger partial charge in [-0.15, -0.1) is 0 Å². The van der Waals surface area contributed by atoms with Crippen LogP contribution in [0.5, 0.6) is 0 Å². The molecule has 1 aliphatic rings. The van der Waals surface area contributed by atoms with Gasteiger partial charge in [-0.2, -0.15) is 5.26 Å². The normalized spacial score (nSPS) is 23.7. The number of rotatable bonds is 4. The van der Waals surface area contributed by atoms with Gasteiger partial charge in [0, 0.05) is 12.1 Å². The van der Waals surface area contributed by atoms with E-state index in [9.17, 15) is 0 Å². The Morgan fingerprint density at radius 1 is 1.69 bits per heavy atom. The molecule has 1 fully saturated rings. The Labute approximate surface area is 80.5 Å². The zero-order valence-corrected chi connectivity index (χ0v) is 8.75. The van der Waals surface area contributed by atoms with Crippen molar-refractivity contribution >= 4 is 0 Å². The van der Waals surface area contributed by atoms with Gasteiger partial charge >= 0.3 is 0 Å². The smallest absolute Gasteiger partial charge is 0.102 e. The molecule has 0 aromatic rings. The van der Waals surface area contributed by atoms with Crippen molar-refractivity contribution < 1.29 is 0 Å². The standard InChI is InChI=1S/C10H19N3/c1-8(6-10(2,12)7-11)13(3)9-4-5-9/h8-9H,4-6,12H2,1-3H3. The quantitative estimate of drug-likeness (QED) is 0.706. The highest BCUT2D eigenvalue weighted by molar-refractivity contribution is 5.03. The van der Waals surface area contributed by atoms with E-state index in [1.54, 1.807) is 6.92 Å². The molecule has 1 saturated carbocycles. The summed E-state index contributed by atoms with van der Waals surface area (Å²) in [6, 6.07) is 3.28. The van der Waals surface area contributed by atoms with Gasteiger partial charge in [0.2, 0.25) is 0 Å². The van der Waals surface area contributed by atoms with Crippen LogP contribution < -0.4 is 5.73 Å². The van der Waals surface area contributed by atoms with Crippen molar-refractivity contribution in [3.63, 3.8) is 0 Å². The van der Waals surface area contributed by atoms with Crippen LogP contribution in [0.1, 0.15) is 33.1 Å². The molecule has 13 heavy (non-hydrogen) atoms. The van der Waals surface area contributed by atoms with E-state index < -0.39 is 5.54 Å². The first kappa shape index (κ1) is 10.5. The third-order valence-electron chi connectivity index (χ3n) is 2.79. The fourth-order valence-corrected chi connectivity index (χ4v) is 1.65. The Balaban J connectivity index is 2.40. The number of nitriles is 1. The van der Waals surface area contributed by atoms with E-state index in [1.807, 2.05) is 0 Å². The number of nitrogens with zero attached hydrogens (tertiary/aromatic N) is 2. The molecule has 0 aromatic carbocycles. The van der Waals surface area contributed by atoms with Gasteiger partial charge in [0.25, 0.3) is 0 Å². The molecule has 0 spiro atoms. The first-order valence-corrected chi connectivity index (χ1v) is 4.88. The second kappa shape index (κ2) is 3.65. The minimum atomic E-state index is -0.678. The summed E-state index contributed by atoms with van der Waals surface area (Å²) in [5, 5.41) is 8.79. The predicted octanol–water partition coefficient (Wildman–Crippen LogP) is 1.10. The first-order valence-electron chi connectivity index (χ1n) is 4.88. The van der Waals surface area contributed by atoms with Crippen LogP contribution in [0, 0.1) is 11.3 Å². The van der Waals surface area contributed by atoms with Gasteiger partial charge in [0.15, 0.2) is 0 Å². The third-order valence-corrected chi connectivity index (χ3v) is 2.79. The molecular weight excluding hydrogens is 162 g/mol. The Kier molecular flexibility index (Phi) is 2.94. The van der Waals surface area contributed by atoms with Crippen molar-refractivity contribution in [3.05, 3.63) is 0 Å². The molecule has 0 heterocycles. The van der Waals surface area contributed by atoms with E-state index in [1.165, 1.54) is 12.8 Å². The van der Waals surface area contributed by atoms with Gasteiger partial charge in [-0.3, -0.25) is 0 Å². The average molecular weight is 181 g/mol. The van der Waals surface area contributed by atoms with Crippen molar-refractivity contribution in [2.75, 3.05) is 7.05 Å². The summed E-state index contributed by atoms with van der Waals surface area (Å²) in [5.74, 6) is 0. The Morgan fingerprint density at radius 2 is 2.23 bits per heavy atom. The van der Waals surface area contributed by atoms with Gasteiger partial charge < -0.3 is 10.6 Å². The lowest BCUT2D eigenvalue weighted by molar-refractivity contribution is 0.217. The second-order valence-electron chi connectivity index (χ2n) is 4.48. The maximum absolute atomic E-state index is 8.79. The lowest BCUT2D eigenvalue weighted by Gasteiger charge is -2.28. The molecule has 74 valence electrons. The lowest BCUT2D eigenvalue weighted by Crippen LogP contribution is -2.43. The Bertz CT molecular complexity index is 213. The van der Waals surface area contributed by atoms with Crippen LogP contribution in [0.4, 0.5) is 0 Å². The predicted molar refractivity (Wildman–Crippen MR) is 53.1 cm³/mol. The van der Waals surface area contributed by atoms with Gasteiger partial charge in [-0.25, -0.2) is 0 Å². The van der Waals surface area contributed by atoms with E-state index in [-0.39, 0.29) is 0 Å². The van der Waals surface area contributed by atoms with Crippen molar-refractivity contribution in [1.82, 2.24) is 4.90 Å². The summed E-state index contributed by atoms with van der Waals surface area (Å²) in [4.78, 5) is 2.34. The Morgan fingerprint density at radius 3 is 2.62 bits per heavy atom. The number of nitrogens with two attached hydrogens (primary N) is 1. The second-order valence-corrected chi connectivity index (χ2v) is 4.48. The fraction of sp³-hybridized carbons (Fsp3) is 0.900. The monoisotopic (exact) mass is 181 g/mol. The highest BCUT2D eigenvalue weighted by atomic mass is 15.2. The Hall–Kier alpha value is -0.590. The van der Waals surface area contributed by atoms with Gasteiger partial charge in [0.05, 0.1) is 6.07 Å². The summed E-state index contributed by atoms with van der Waals surface area (Å²) >= 11 is 0. The van der Waals surface area contributed by atoms with E-state index >= 15 is 0 Å². The largest absolute Gasteiger partial charge is 0.314 e. The minimum Gasteiger partial charge on any atom is -0.314 e. The van der Waals surface area contributed by atoms with Crippen LogP contribution in [0.25, 0.3) is 0 Å². The summed E-state index contributed by atoms with van der Waals surface area (Å²) in [7, 11) is 2.12. The molecule has 2 atom stereocenters. The van der Waals surface area contributed by atoms with E-state index in [0.29, 0.717) is 6.04 Å². The van der Waals surface area contributed by atoms with Gasteiger partial charge in [-0.1, -0.05) is 0 Å². The maximum atomic E-state index is 8.79. The number of hydrogen-bond acceptors (Lipinski definition) is 3. The van der Waals surface area contributed by atoms with Crippen molar-refractivity contribution in [3.8, 4) is 6.07 Å². The SMILES string of the molecule is CC(CC(C)(N)C#N)N(C)C1CC1. The zero-order chi connectivity index (χ0) is 10.1. The molecule has 2 N–H and O–H groups in total. The van der Waals surface area contributed by atoms with E-state index in [0.717, 1.165) is 12.5 Å². The summed E-state index contributed by atoms with van der Waals surface area (Å²) < 4.78 is 0. The van der Waals surface area contributed by atoms with Gasteiger partial charge in [-0.05, 0) is 40.2 Å². The van der Waals surface area contributed by atoms with Crippen LogP contribution in [-0.4, -0.2) is 29.6 Å². The average Bonchev–Trinajstić information content (AvgIpc) is 2.85. The molecule has 1 rings (SSSR count). The molecule has 3 nitrogen and oxygen atoms in total. The topological polar surface area (TPSA) is 53.1 Å². The molecule has 0 radical (unpaired) electrons. The highest BCUT2D eigenvalue weighted by Gasteiger charge is 2.32. The molecule has 3 heteroatoms. The minimum absolute atomic E-state index is 0.405. The first-order chi connectivity index (χ1) is 5.96. The fourth-order valence-electron chi connectivity index (χ4n) is 1.65. The highest BCUT2D eigenvalue weighted by Crippen LogP contribution is 2.28.